The number of hydrogen-bond acceptors (Lipinski definition) is 3. The highest BCUT2D eigenvalue weighted by molar-refractivity contribution is 14.0. The van der Waals surface area contributed by atoms with Gasteiger partial charge in [-0.3, -0.25) is 4.99 Å². The van der Waals surface area contributed by atoms with E-state index in [9.17, 15) is 0 Å². The van der Waals surface area contributed by atoms with E-state index in [4.69, 9.17) is 0 Å². The van der Waals surface area contributed by atoms with Gasteiger partial charge in [0.2, 0.25) is 0 Å². The highest BCUT2D eigenvalue weighted by Gasteiger charge is 2.18. The minimum Gasteiger partial charge on any atom is -0.356 e. The van der Waals surface area contributed by atoms with Gasteiger partial charge in [-0.15, -0.1) is 24.0 Å². The van der Waals surface area contributed by atoms with Crippen molar-refractivity contribution < 1.29 is 0 Å². The van der Waals surface area contributed by atoms with Crippen LogP contribution in [0.4, 0.5) is 0 Å². The lowest BCUT2D eigenvalue weighted by Gasteiger charge is -2.33. The maximum atomic E-state index is 4.36. The summed E-state index contributed by atoms with van der Waals surface area (Å²) in [7, 11) is 4.09. The van der Waals surface area contributed by atoms with E-state index < -0.39 is 0 Å². The van der Waals surface area contributed by atoms with Crippen molar-refractivity contribution in [1.82, 2.24) is 20.4 Å². The van der Waals surface area contributed by atoms with Crippen LogP contribution in [0.1, 0.15) is 45.4 Å². The summed E-state index contributed by atoms with van der Waals surface area (Å²) in [5.41, 5.74) is 0. The van der Waals surface area contributed by atoms with Gasteiger partial charge in [-0.1, -0.05) is 6.42 Å². The van der Waals surface area contributed by atoms with Crippen LogP contribution in [-0.4, -0.2) is 75.2 Å². The van der Waals surface area contributed by atoms with Gasteiger partial charge in [0.1, 0.15) is 0 Å². The van der Waals surface area contributed by atoms with E-state index in [0.29, 0.717) is 0 Å². The Hall–Kier alpha value is -0.0800. The maximum Gasteiger partial charge on any atom is 0.190 e. The summed E-state index contributed by atoms with van der Waals surface area (Å²) in [6, 6.07) is 0.768. The first kappa shape index (κ1) is 22.0. The highest BCUT2D eigenvalue weighted by atomic mass is 127. The van der Waals surface area contributed by atoms with Gasteiger partial charge in [0.15, 0.2) is 5.96 Å². The number of piperidine rings is 2. The molecule has 0 spiro atoms. The smallest absolute Gasteiger partial charge is 0.190 e. The monoisotopic (exact) mass is 451 g/mol. The van der Waals surface area contributed by atoms with Crippen LogP contribution >= 0.6 is 24.0 Å². The number of nitrogens with one attached hydrogen (secondary N) is 2. The Kier molecular flexibility index (Phi) is 11.3. The third kappa shape index (κ3) is 7.87. The SMILES string of the molecule is CN=C(NCCCN1CCCCC1C)NCC1CCCN(C)C1.I. The lowest BCUT2D eigenvalue weighted by atomic mass is 9.99. The van der Waals surface area contributed by atoms with Crippen molar-refractivity contribution in [2.45, 2.75) is 51.5 Å². The molecule has 6 heteroatoms. The Morgan fingerprint density at radius 2 is 1.96 bits per heavy atom. The molecule has 2 N–H and O–H groups in total. The van der Waals surface area contributed by atoms with Crippen LogP contribution in [0, 0.1) is 5.92 Å². The Bertz CT molecular complexity index is 363. The molecular formula is C18H38IN5. The van der Waals surface area contributed by atoms with Crippen molar-refractivity contribution in [3.05, 3.63) is 0 Å². The van der Waals surface area contributed by atoms with Gasteiger partial charge in [0, 0.05) is 39.3 Å². The first-order valence-electron chi connectivity index (χ1n) is 9.56. The zero-order valence-electron chi connectivity index (χ0n) is 15.9. The van der Waals surface area contributed by atoms with Crippen molar-refractivity contribution in [2.24, 2.45) is 10.9 Å². The zero-order chi connectivity index (χ0) is 16.5. The average Bonchev–Trinajstić information content (AvgIpc) is 2.56. The Morgan fingerprint density at radius 1 is 1.12 bits per heavy atom. The Balaban J connectivity index is 0.00000288. The summed E-state index contributed by atoms with van der Waals surface area (Å²) in [6.07, 6.45) is 7.99. The van der Waals surface area contributed by atoms with Crippen molar-refractivity contribution >= 4 is 29.9 Å². The topological polar surface area (TPSA) is 42.9 Å². The molecule has 2 unspecified atom stereocenters. The van der Waals surface area contributed by atoms with E-state index >= 15 is 0 Å². The lowest BCUT2D eigenvalue weighted by Crippen LogP contribution is -2.44. The minimum atomic E-state index is 0. The quantitative estimate of drug-likeness (QED) is 0.282. The molecule has 2 aliphatic heterocycles. The predicted octanol–water partition coefficient (Wildman–Crippen LogP) is 2.38. The van der Waals surface area contributed by atoms with Crippen molar-refractivity contribution in [3.8, 4) is 0 Å². The molecule has 0 aromatic rings. The maximum absolute atomic E-state index is 4.36. The molecule has 5 nitrogen and oxygen atoms in total. The van der Waals surface area contributed by atoms with Crippen LogP contribution in [0.3, 0.4) is 0 Å². The number of hydrogen-bond donors (Lipinski definition) is 2. The number of halogens is 1. The number of likely N-dealkylation sites (tertiary alicyclic amines) is 2. The third-order valence-electron chi connectivity index (χ3n) is 5.36. The van der Waals surface area contributed by atoms with Crippen LogP contribution in [0.5, 0.6) is 0 Å². The van der Waals surface area contributed by atoms with Gasteiger partial charge in [-0.25, -0.2) is 0 Å². The van der Waals surface area contributed by atoms with Gasteiger partial charge in [-0.05, 0) is 65.1 Å². The van der Waals surface area contributed by atoms with Gasteiger partial charge in [-0.2, -0.15) is 0 Å². The summed E-state index contributed by atoms with van der Waals surface area (Å²) in [4.78, 5) is 9.43. The molecule has 142 valence electrons. The second-order valence-electron chi connectivity index (χ2n) is 7.38. The molecule has 2 rings (SSSR count). The number of guanidine groups is 1. The van der Waals surface area contributed by atoms with E-state index in [1.54, 1.807) is 0 Å². The van der Waals surface area contributed by atoms with Crippen molar-refractivity contribution in [2.75, 3.05) is 53.4 Å². The molecule has 0 aliphatic carbocycles. The fraction of sp³-hybridized carbons (Fsp3) is 0.944. The van der Waals surface area contributed by atoms with Crippen LogP contribution in [-0.2, 0) is 0 Å². The molecule has 24 heavy (non-hydrogen) atoms. The number of nitrogens with zero attached hydrogens (tertiary/aromatic N) is 3. The fourth-order valence-electron chi connectivity index (χ4n) is 3.88. The van der Waals surface area contributed by atoms with Crippen LogP contribution < -0.4 is 10.6 Å². The van der Waals surface area contributed by atoms with Crippen LogP contribution in [0.15, 0.2) is 4.99 Å². The van der Waals surface area contributed by atoms with E-state index in [1.807, 2.05) is 7.05 Å². The molecule has 2 atom stereocenters. The molecule has 0 aromatic carbocycles. The van der Waals surface area contributed by atoms with E-state index in [-0.39, 0.29) is 24.0 Å². The van der Waals surface area contributed by atoms with Crippen molar-refractivity contribution in [3.63, 3.8) is 0 Å². The standard InChI is InChI=1S/C18H37N5.HI/c1-16-8-4-5-12-23(16)13-7-10-20-18(19-2)21-14-17-9-6-11-22(3)15-17;/h16-17H,4-15H2,1-3H3,(H2,19,20,21);1H. The Labute approximate surface area is 166 Å². The van der Waals surface area contributed by atoms with Gasteiger partial charge >= 0.3 is 0 Å². The van der Waals surface area contributed by atoms with Crippen molar-refractivity contribution in [1.29, 1.82) is 0 Å². The first-order valence-corrected chi connectivity index (χ1v) is 9.56. The van der Waals surface area contributed by atoms with Gasteiger partial charge < -0.3 is 20.4 Å². The lowest BCUT2D eigenvalue weighted by molar-refractivity contribution is 0.159. The van der Waals surface area contributed by atoms with E-state index in [1.165, 1.54) is 64.7 Å². The minimum absolute atomic E-state index is 0. The molecule has 2 heterocycles. The van der Waals surface area contributed by atoms with Gasteiger partial charge in [0.25, 0.3) is 0 Å². The molecule has 2 fully saturated rings. The molecule has 2 saturated heterocycles. The average molecular weight is 451 g/mol. The molecule has 0 aromatic heterocycles. The zero-order valence-corrected chi connectivity index (χ0v) is 18.2. The molecule has 0 saturated carbocycles. The van der Waals surface area contributed by atoms with Crippen LogP contribution in [0.2, 0.25) is 0 Å². The molecule has 0 bridgehead atoms. The number of aliphatic imine (C=N–C) groups is 1. The van der Waals surface area contributed by atoms with Gasteiger partial charge in [0.05, 0.1) is 0 Å². The molecular weight excluding hydrogens is 413 g/mol. The summed E-state index contributed by atoms with van der Waals surface area (Å²) in [5, 5.41) is 6.98. The van der Waals surface area contributed by atoms with E-state index in [0.717, 1.165) is 31.0 Å². The first-order chi connectivity index (χ1) is 11.2. The largest absolute Gasteiger partial charge is 0.356 e. The molecule has 0 amide bonds. The summed E-state index contributed by atoms with van der Waals surface area (Å²) in [5.74, 6) is 1.71. The summed E-state index contributed by atoms with van der Waals surface area (Å²) >= 11 is 0. The normalized spacial score (nSPS) is 26.7. The highest BCUT2D eigenvalue weighted by Crippen LogP contribution is 2.16. The predicted molar refractivity (Wildman–Crippen MR) is 115 cm³/mol. The van der Waals surface area contributed by atoms with E-state index in [2.05, 4.69) is 39.4 Å². The molecule has 2 aliphatic rings. The number of rotatable bonds is 6. The summed E-state index contributed by atoms with van der Waals surface area (Å²) in [6.45, 7) is 9.35. The Morgan fingerprint density at radius 3 is 2.67 bits per heavy atom. The second-order valence-corrected chi connectivity index (χ2v) is 7.38. The summed E-state index contributed by atoms with van der Waals surface area (Å²) < 4.78 is 0. The van der Waals surface area contributed by atoms with Crippen LogP contribution in [0.25, 0.3) is 0 Å². The third-order valence-corrected chi connectivity index (χ3v) is 5.36. The fourth-order valence-corrected chi connectivity index (χ4v) is 3.88. The molecule has 0 radical (unpaired) electrons. The second kappa shape index (κ2) is 12.3.